The highest BCUT2D eigenvalue weighted by Gasteiger charge is 2.38. The highest BCUT2D eigenvalue weighted by Crippen LogP contribution is 2.37. The van der Waals surface area contributed by atoms with Crippen LogP contribution in [0.4, 0.5) is 11.4 Å². The first-order chi connectivity index (χ1) is 11.6. The van der Waals surface area contributed by atoms with Crippen molar-refractivity contribution in [2.24, 2.45) is 0 Å². The lowest BCUT2D eigenvalue weighted by Crippen LogP contribution is -2.43. The minimum Gasteiger partial charge on any atom is -0.544 e. The van der Waals surface area contributed by atoms with Crippen molar-refractivity contribution in [3.05, 3.63) is 54.5 Å². The van der Waals surface area contributed by atoms with E-state index in [2.05, 4.69) is 56.3 Å². The predicted molar refractivity (Wildman–Crippen MR) is 107 cm³/mol. The summed E-state index contributed by atoms with van der Waals surface area (Å²) in [5.74, 6) is 0.941. The summed E-state index contributed by atoms with van der Waals surface area (Å²) in [6.07, 6.45) is 4.04. The van der Waals surface area contributed by atoms with E-state index in [1.165, 1.54) is 0 Å². The molecule has 0 spiro atoms. The average molecular weight is 354 g/mol. The zero-order valence-electron chi connectivity index (χ0n) is 15.9. The van der Waals surface area contributed by atoms with Crippen LogP contribution in [0.2, 0.25) is 18.1 Å². The van der Waals surface area contributed by atoms with Crippen LogP contribution in [0.3, 0.4) is 0 Å². The maximum absolute atomic E-state index is 6.33. The van der Waals surface area contributed by atoms with Gasteiger partial charge in [-0.3, -0.25) is 0 Å². The molecule has 132 valence electrons. The Morgan fingerprint density at radius 2 is 1.72 bits per heavy atom. The molecule has 0 aliphatic rings. The van der Waals surface area contributed by atoms with Gasteiger partial charge in [0.1, 0.15) is 11.4 Å². The number of nitrogens with zero attached hydrogens (tertiary/aromatic N) is 2. The highest BCUT2D eigenvalue weighted by molar-refractivity contribution is 6.74. The van der Waals surface area contributed by atoms with Crippen LogP contribution in [-0.4, -0.2) is 17.7 Å². The van der Waals surface area contributed by atoms with Crippen LogP contribution < -0.4 is 9.74 Å². The SMILES string of the molecule is Cc1cn2ccc(Nc3ccc(O[Si](C)(C)C(C)(C)C)cc3)cc2n1. The van der Waals surface area contributed by atoms with Crippen molar-refractivity contribution in [2.75, 3.05) is 5.32 Å². The van der Waals surface area contributed by atoms with Gasteiger partial charge >= 0.3 is 0 Å². The summed E-state index contributed by atoms with van der Waals surface area (Å²) >= 11 is 0. The first-order valence-corrected chi connectivity index (χ1v) is 11.6. The first kappa shape index (κ1) is 17.5. The molecule has 1 N–H and O–H groups in total. The molecule has 5 heteroatoms. The maximum Gasteiger partial charge on any atom is 0.250 e. The van der Waals surface area contributed by atoms with Gasteiger partial charge in [0.25, 0.3) is 0 Å². The average Bonchev–Trinajstić information content (AvgIpc) is 2.87. The van der Waals surface area contributed by atoms with E-state index in [1.807, 2.05) is 48.0 Å². The molecule has 0 saturated carbocycles. The first-order valence-electron chi connectivity index (χ1n) is 8.65. The summed E-state index contributed by atoms with van der Waals surface area (Å²) in [4.78, 5) is 4.50. The lowest BCUT2D eigenvalue weighted by Gasteiger charge is -2.36. The molecule has 4 nitrogen and oxygen atoms in total. The number of pyridine rings is 1. The standard InChI is InChI=1S/C20H27N3OSi/c1-15-14-23-12-11-17(13-19(23)21-15)22-16-7-9-18(10-8-16)24-25(5,6)20(2,3)4/h7-14,22H,1-6H3. The minimum atomic E-state index is -1.80. The number of aryl methyl sites for hydroxylation is 1. The van der Waals surface area contributed by atoms with Crippen LogP contribution in [0.1, 0.15) is 26.5 Å². The molecule has 0 radical (unpaired) electrons. The number of hydrogen-bond acceptors (Lipinski definition) is 3. The van der Waals surface area contributed by atoms with Crippen molar-refractivity contribution in [2.45, 2.75) is 45.8 Å². The van der Waals surface area contributed by atoms with Crippen molar-refractivity contribution >= 4 is 25.3 Å². The molecular weight excluding hydrogens is 326 g/mol. The van der Waals surface area contributed by atoms with E-state index in [0.29, 0.717) is 0 Å². The molecular formula is C20H27N3OSi. The molecule has 2 heterocycles. The molecule has 25 heavy (non-hydrogen) atoms. The number of nitrogens with one attached hydrogen (secondary N) is 1. The van der Waals surface area contributed by atoms with Gasteiger partial charge in [-0.2, -0.15) is 0 Å². The molecule has 0 unspecified atom stereocenters. The summed E-state index contributed by atoms with van der Waals surface area (Å²) in [5, 5.41) is 3.62. The van der Waals surface area contributed by atoms with Crippen molar-refractivity contribution in [1.29, 1.82) is 0 Å². The fourth-order valence-corrected chi connectivity index (χ4v) is 3.44. The van der Waals surface area contributed by atoms with Crippen LogP contribution in [0.5, 0.6) is 5.75 Å². The summed E-state index contributed by atoms with van der Waals surface area (Å²) in [6, 6.07) is 12.3. The van der Waals surface area contributed by atoms with Gasteiger partial charge < -0.3 is 14.1 Å². The molecule has 0 bridgehead atoms. The normalized spacial score (nSPS) is 12.4. The maximum atomic E-state index is 6.33. The molecule has 1 aromatic carbocycles. The Morgan fingerprint density at radius 1 is 1.04 bits per heavy atom. The second kappa shape index (κ2) is 6.22. The Bertz CT molecular complexity index is 876. The van der Waals surface area contributed by atoms with E-state index < -0.39 is 8.32 Å². The van der Waals surface area contributed by atoms with Crippen molar-refractivity contribution in [3.63, 3.8) is 0 Å². The summed E-state index contributed by atoms with van der Waals surface area (Å²) in [5.41, 5.74) is 4.02. The lowest BCUT2D eigenvalue weighted by atomic mass is 10.2. The van der Waals surface area contributed by atoms with Crippen molar-refractivity contribution in [3.8, 4) is 5.75 Å². The molecule has 0 fully saturated rings. The number of imidazole rings is 1. The summed E-state index contributed by atoms with van der Waals surface area (Å²) < 4.78 is 8.35. The fraction of sp³-hybridized carbons (Fsp3) is 0.350. The van der Waals surface area contributed by atoms with Gasteiger partial charge in [-0.05, 0) is 55.4 Å². The number of aromatic nitrogens is 2. The Balaban J connectivity index is 1.73. The molecule has 0 atom stereocenters. The Morgan fingerprint density at radius 3 is 2.36 bits per heavy atom. The third-order valence-electron chi connectivity index (χ3n) is 4.90. The third kappa shape index (κ3) is 3.87. The molecule has 3 rings (SSSR count). The van der Waals surface area contributed by atoms with Crippen LogP contribution in [0.25, 0.3) is 5.65 Å². The molecule has 0 amide bonds. The van der Waals surface area contributed by atoms with Gasteiger partial charge in [-0.15, -0.1) is 0 Å². The van der Waals surface area contributed by atoms with Gasteiger partial charge in [-0.1, -0.05) is 20.8 Å². The second-order valence-corrected chi connectivity index (χ2v) is 12.8. The van der Waals surface area contributed by atoms with Crippen LogP contribution >= 0.6 is 0 Å². The van der Waals surface area contributed by atoms with Crippen molar-refractivity contribution in [1.82, 2.24) is 9.38 Å². The predicted octanol–water partition coefficient (Wildman–Crippen LogP) is 5.77. The number of hydrogen-bond donors (Lipinski definition) is 1. The van der Waals surface area contributed by atoms with Gasteiger partial charge in [0.15, 0.2) is 0 Å². The fourth-order valence-electron chi connectivity index (χ4n) is 2.41. The largest absolute Gasteiger partial charge is 0.544 e. The molecule has 3 aromatic rings. The number of fused-ring (bicyclic) bond motifs is 1. The smallest absolute Gasteiger partial charge is 0.250 e. The number of anilines is 2. The second-order valence-electron chi connectivity index (χ2n) is 8.07. The van der Waals surface area contributed by atoms with E-state index in [4.69, 9.17) is 4.43 Å². The lowest BCUT2D eigenvalue weighted by molar-refractivity contribution is 0.492. The Hall–Kier alpha value is -2.27. The van der Waals surface area contributed by atoms with Crippen LogP contribution in [0.15, 0.2) is 48.8 Å². The van der Waals surface area contributed by atoms with Crippen LogP contribution in [0, 0.1) is 6.92 Å². The van der Waals surface area contributed by atoms with E-state index in [0.717, 1.165) is 28.5 Å². The van der Waals surface area contributed by atoms with Gasteiger partial charge in [0, 0.05) is 29.8 Å². The van der Waals surface area contributed by atoms with E-state index in [-0.39, 0.29) is 5.04 Å². The number of rotatable bonds is 4. The zero-order chi connectivity index (χ0) is 18.2. The topological polar surface area (TPSA) is 38.6 Å². The van der Waals surface area contributed by atoms with E-state index >= 15 is 0 Å². The molecule has 0 aliphatic heterocycles. The monoisotopic (exact) mass is 353 g/mol. The Kier molecular flexibility index (Phi) is 4.37. The Labute approximate surface area is 151 Å². The quantitative estimate of drug-likeness (QED) is 0.605. The third-order valence-corrected chi connectivity index (χ3v) is 9.26. The van der Waals surface area contributed by atoms with Crippen LogP contribution in [-0.2, 0) is 0 Å². The highest BCUT2D eigenvalue weighted by atomic mass is 28.4. The molecule has 0 saturated heterocycles. The number of benzene rings is 1. The van der Waals surface area contributed by atoms with E-state index in [1.54, 1.807) is 0 Å². The molecule has 0 aliphatic carbocycles. The van der Waals surface area contributed by atoms with Crippen molar-refractivity contribution < 1.29 is 4.43 Å². The minimum absolute atomic E-state index is 0.196. The molecule has 2 aromatic heterocycles. The summed E-state index contributed by atoms with van der Waals surface area (Å²) in [7, 11) is -1.80. The van der Waals surface area contributed by atoms with Gasteiger partial charge in [-0.25, -0.2) is 4.98 Å². The zero-order valence-corrected chi connectivity index (χ0v) is 16.9. The van der Waals surface area contributed by atoms with Gasteiger partial charge in [0.05, 0.1) is 5.69 Å². The summed E-state index contributed by atoms with van der Waals surface area (Å²) in [6.45, 7) is 13.3. The van der Waals surface area contributed by atoms with E-state index in [9.17, 15) is 0 Å². The van der Waals surface area contributed by atoms with Gasteiger partial charge in [0.2, 0.25) is 8.32 Å².